The number of carbonyl (C=O) groups excluding carboxylic acids is 1. The summed E-state index contributed by atoms with van der Waals surface area (Å²) in [6.45, 7) is 0.509. The summed E-state index contributed by atoms with van der Waals surface area (Å²) in [6, 6.07) is 5.28. The molecule has 1 aromatic carbocycles. The third-order valence-electron chi connectivity index (χ3n) is 2.32. The molecule has 6 heteroatoms. The average molecular weight is 238 g/mol. The highest BCUT2D eigenvalue weighted by atomic mass is 16.7. The van der Waals surface area contributed by atoms with E-state index in [2.05, 4.69) is 0 Å². The van der Waals surface area contributed by atoms with Gasteiger partial charge in [-0.3, -0.25) is 9.80 Å². The van der Waals surface area contributed by atoms with E-state index >= 15 is 0 Å². The molecular formula is C11H14N2O4. The lowest BCUT2D eigenvalue weighted by Gasteiger charge is -2.10. The van der Waals surface area contributed by atoms with E-state index in [1.165, 1.54) is 7.05 Å². The van der Waals surface area contributed by atoms with E-state index in [1.807, 2.05) is 0 Å². The van der Waals surface area contributed by atoms with Crippen LogP contribution in [0, 0.1) is 0 Å². The Balaban J connectivity index is 1.85. The number of hydrazine groups is 1. The molecule has 0 aliphatic carbocycles. The average Bonchev–Trinajstić information content (AvgIpc) is 2.75. The Morgan fingerprint density at radius 3 is 3.00 bits per heavy atom. The summed E-state index contributed by atoms with van der Waals surface area (Å²) in [5.41, 5.74) is 0. The van der Waals surface area contributed by atoms with Crippen molar-refractivity contribution < 1.29 is 19.0 Å². The van der Waals surface area contributed by atoms with Crippen molar-refractivity contribution in [1.29, 1.82) is 0 Å². The van der Waals surface area contributed by atoms with Gasteiger partial charge in [0.25, 0.3) is 0 Å². The van der Waals surface area contributed by atoms with E-state index in [0.717, 1.165) is 5.01 Å². The third kappa shape index (κ3) is 2.79. The van der Waals surface area contributed by atoms with Crippen LogP contribution in [0.5, 0.6) is 17.2 Å². The molecular weight excluding hydrogens is 224 g/mol. The van der Waals surface area contributed by atoms with E-state index < -0.39 is 0 Å². The zero-order chi connectivity index (χ0) is 12.3. The van der Waals surface area contributed by atoms with Gasteiger partial charge in [-0.1, -0.05) is 0 Å². The van der Waals surface area contributed by atoms with E-state index in [9.17, 15) is 4.79 Å². The predicted octanol–water partition coefficient (Wildman–Crippen LogP) is 0.516. The van der Waals surface area contributed by atoms with E-state index in [1.54, 1.807) is 18.2 Å². The van der Waals surface area contributed by atoms with E-state index in [0.29, 0.717) is 17.2 Å². The van der Waals surface area contributed by atoms with Crippen LogP contribution in [-0.4, -0.2) is 31.4 Å². The van der Waals surface area contributed by atoms with Crippen molar-refractivity contribution in [3.05, 3.63) is 18.2 Å². The maximum atomic E-state index is 11.2. The fourth-order valence-corrected chi connectivity index (χ4v) is 1.40. The summed E-state index contributed by atoms with van der Waals surface area (Å²) in [5.74, 6) is 7.11. The van der Waals surface area contributed by atoms with Gasteiger partial charge in [0.05, 0.1) is 13.0 Å². The first kappa shape index (κ1) is 11.5. The lowest BCUT2D eigenvalue weighted by atomic mass is 10.3. The highest BCUT2D eigenvalue weighted by molar-refractivity contribution is 5.75. The normalized spacial score (nSPS) is 12.4. The van der Waals surface area contributed by atoms with Gasteiger partial charge in [0, 0.05) is 13.1 Å². The molecule has 17 heavy (non-hydrogen) atoms. The van der Waals surface area contributed by atoms with Crippen molar-refractivity contribution >= 4 is 5.91 Å². The maximum Gasteiger partial charge on any atom is 0.239 e. The molecule has 1 heterocycles. The van der Waals surface area contributed by atoms with Crippen LogP contribution in [0.2, 0.25) is 0 Å². The van der Waals surface area contributed by atoms with Gasteiger partial charge in [-0.2, -0.15) is 0 Å². The second-order valence-corrected chi connectivity index (χ2v) is 3.62. The first-order chi connectivity index (χ1) is 8.16. The number of benzene rings is 1. The third-order valence-corrected chi connectivity index (χ3v) is 2.32. The standard InChI is InChI=1S/C11H14N2O4/c1-13(12)11(14)4-5-15-8-2-3-9-10(6-8)17-7-16-9/h2-3,6H,4-5,7,12H2,1H3. The van der Waals surface area contributed by atoms with Gasteiger partial charge in [0.15, 0.2) is 11.5 Å². The van der Waals surface area contributed by atoms with E-state index in [-0.39, 0.29) is 25.7 Å². The smallest absolute Gasteiger partial charge is 0.239 e. The van der Waals surface area contributed by atoms with Crippen LogP contribution in [0.3, 0.4) is 0 Å². The lowest BCUT2D eigenvalue weighted by Crippen LogP contribution is -2.33. The van der Waals surface area contributed by atoms with Crippen LogP contribution < -0.4 is 20.1 Å². The van der Waals surface area contributed by atoms with Gasteiger partial charge < -0.3 is 14.2 Å². The van der Waals surface area contributed by atoms with Crippen LogP contribution in [0.4, 0.5) is 0 Å². The Hall–Kier alpha value is -1.95. The summed E-state index contributed by atoms with van der Waals surface area (Å²) in [7, 11) is 1.50. The summed E-state index contributed by atoms with van der Waals surface area (Å²) < 4.78 is 15.8. The number of hydrogen-bond donors (Lipinski definition) is 1. The van der Waals surface area contributed by atoms with Gasteiger partial charge in [0.2, 0.25) is 12.7 Å². The van der Waals surface area contributed by atoms with Crippen LogP contribution in [-0.2, 0) is 4.79 Å². The minimum absolute atomic E-state index is 0.175. The van der Waals surface area contributed by atoms with E-state index in [4.69, 9.17) is 20.1 Å². The minimum atomic E-state index is -0.175. The first-order valence-corrected chi connectivity index (χ1v) is 5.20. The quantitative estimate of drug-likeness (QED) is 0.470. The van der Waals surface area contributed by atoms with Crippen molar-refractivity contribution in [2.24, 2.45) is 5.84 Å². The van der Waals surface area contributed by atoms with Crippen LogP contribution in [0.15, 0.2) is 18.2 Å². The zero-order valence-corrected chi connectivity index (χ0v) is 9.51. The highest BCUT2D eigenvalue weighted by Crippen LogP contribution is 2.35. The van der Waals surface area contributed by atoms with Crippen molar-refractivity contribution in [2.45, 2.75) is 6.42 Å². The highest BCUT2D eigenvalue weighted by Gasteiger charge is 2.13. The molecule has 0 unspecified atom stereocenters. The van der Waals surface area contributed by atoms with Gasteiger partial charge >= 0.3 is 0 Å². The minimum Gasteiger partial charge on any atom is -0.493 e. The monoisotopic (exact) mass is 238 g/mol. The second-order valence-electron chi connectivity index (χ2n) is 3.62. The molecule has 1 aliphatic heterocycles. The van der Waals surface area contributed by atoms with Crippen molar-refractivity contribution in [3.8, 4) is 17.2 Å². The van der Waals surface area contributed by atoms with Crippen molar-refractivity contribution in [3.63, 3.8) is 0 Å². The Kier molecular flexibility index (Phi) is 3.34. The zero-order valence-electron chi connectivity index (χ0n) is 9.51. The summed E-state index contributed by atoms with van der Waals surface area (Å²) in [4.78, 5) is 11.2. The Morgan fingerprint density at radius 2 is 2.24 bits per heavy atom. The predicted molar refractivity (Wildman–Crippen MR) is 59.6 cm³/mol. The van der Waals surface area contributed by atoms with Crippen molar-refractivity contribution in [2.75, 3.05) is 20.4 Å². The Morgan fingerprint density at radius 1 is 1.47 bits per heavy atom. The van der Waals surface area contributed by atoms with Gasteiger partial charge in [-0.05, 0) is 12.1 Å². The number of hydrogen-bond acceptors (Lipinski definition) is 5. The fourth-order valence-electron chi connectivity index (χ4n) is 1.40. The fraction of sp³-hybridized carbons (Fsp3) is 0.364. The molecule has 6 nitrogen and oxygen atoms in total. The molecule has 92 valence electrons. The molecule has 0 radical (unpaired) electrons. The van der Waals surface area contributed by atoms with Crippen molar-refractivity contribution in [1.82, 2.24) is 5.01 Å². The molecule has 0 atom stereocenters. The maximum absolute atomic E-state index is 11.2. The molecule has 0 spiro atoms. The molecule has 1 aliphatic rings. The first-order valence-electron chi connectivity index (χ1n) is 5.20. The SMILES string of the molecule is CN(N)C(=O)CCOc1ccc2c(c1)OCO2. The molecule has 1 aromatic rings. The lowest BCUT2D eigenvalue weighted by molar-refractivity contribution is -0.130. The number of nitrogens with zero attached hydrogens (tertiary/aromatic N) is 1. The number of carbonyl (C=O) groups is 1. The number of ether oxygens (including phenoxy) is 3. The van der Waals surface area contributed by atoms with Gasteiger partial charge in [-0.25, -0.2) is 5.84 Å². The van der Waals surface area contributed by atoms with Crippen LogP contribution in [0.25, 0.3) is 0 Å². The molecule has 0 fully saturated rings. The number of amides is 1. The molecule has 0 aromatic heterocycles. The molecule has 2 N–H and O–H groups in total. The number of rotatable bonds is 4. The summed E-state index contributed by atoms with van der Waals surface area (Å²) >= 11 is 0. The van der Waals surface area contributed by atoms with Gasteiger partial charge in [0.1, 0.15) is 5.75 Å². The second kappa shape index (κ2) is 4.92. The molecule has 1 amide bonds. The molecule has 2 rings (SSSR count). The Labute approximate surface area is 98.8 Å². The topological polar surface area (TPSA) is 74.0 Å². The van der Waals surface area contributed by atoms with Crippen LogP contribution >= 0.6 is 0 Å². The molecule has 0 saturated carbocycles. The largest absolute Gasteiger partial charge is 0.493 e. The molecule has 0 saturated heterocycles. The Bertz CT molecular complexity index is 420. The molecule has 0 bridgehead atoms. The number of fused-ring (bicyclic) bond motifs is 1. The summed E-state index contributed by atoms with van der Waals surface area (Å²) in [5, 5.41) is 1.04. The van der Waals surface area contributed by atoms with Gasteiger partial charge in [-0.15, -0.1) is 0 Å². The summed E-state index contributed by atoms with van der Waals surface area (Å²) in [6.07, 6.45) is 0.238. The number of nitrogens with two attached hydrogens (primary N) is 1. The van der Waals surface area contributed by atoms with Crippen LogP contribution in [0.1, 0.15) is 6.42 Å².